The van der Waals surface area contributed by atoms with Gasteiger partial charge in [-0.25, -0.2) is 4.79 Å². The number of fused-ring (bicyclic) bond motifs is 7. The second kappa shape index (κ2) is 8.76. The highest BCUT2D eigenvalue weighted by Gasteiger charge is 2.70. The topological polar surface area (TPSA) is 93.0 Å². The van der Waals surface area contributed by atoms with Gasteiger partial charge in [-0.15, -0.1) is 0 Å². The minimum atomic E-state index is -0.738. The van der Waals surface area contributed by atoms with Crippen LogP contribution in [-0.2, 0) is 19.2 Å². The summed E-state index contributed by atoms with van der Waals surface area (Å²) in [5.41, 5.74) is 0.729. The maximum absolute atomic E-state index is 14.4. The first kappa shape index (κ1) is 28.5. The molecular weight excluding hydrogens is 490 g/mol. The molecule has 4 fully saturated rings. The van der Waals surface area contributed by atoms with E-state index in [2.05, 4.69) is 46.7 Å². The van der Waals surface area contributed by atoms with E-state index in [1.54, 1.807) is 6.92 Å². The van der Waals surface area contributed by atoms with Crippen LogP contribution in [-0.4, -0.2) is 28.5 Å². The number of allylic oxidation sites excluding steroid dienone is 2. The zero-order valence-electron chi connectivity index (χ0n) is 25.4. The molecule has 8 atom stereocenters. The Morgan fingerprint density at radius 1 is 1.00 bits per heavy atom. The monoisotopic (exact) mass is 539 g/mol. The molecule has 216 valence electrons. The Morgan fingerprint density at radius 3 is 2.31 bits per heavy atom. The molecule has 0 radical (unpaired) electrons. The average molecular weight is 540 g/mol. The largest absolute Gasteiger partial charge is 0.481 e. The number of hydrogen-bond donors (Lipinski definition) is 1. The summed E-state index contributed by atoms with van der Waals surface area (Å²) in [7, 11) is 0. The summed E-state index contributed by atoms with van der Waals surface area (Å²) in [5.74, 6) is -0.469. The van der Waals surface area contributed by atoms with Gasteiger partial charge in [-0.05, 0) is 104 Å². The minimum Gasteiger partial charge on any atom is -0.481 e. The Balaban J connectivity index is 1.55. The van der Waals surface area contributed by atoms with E-state index in [1.165, 1.54) is 5.57 Å². The molecule has 1 unspecified atom stereocenters. The molecule has 0 aromatic rings. The molecule has 5 aliphatic carbocycles. The third-order valence-corrected chi connectivity index (χ3v) is 13.4. The van der Waals surface area contributed by atoms with Crippen molar-refractivity contribution in [2.24, 2.45) is 55.4 Å². The van der Waals surface area contributed by atoms with Crippen LogP contribution in [0.15, 0.2) is 16.8 Å². The number of carbonyl (C=O) groups is 3. The van der Waals surface area contributed by atoms with E-state index in [0.29, 0.717) is 19.3 Å². The summed E-state index contributed by atoms with van der Waals surface area (Å²) in [6.07, 6.45) is 10.2. The summed E-state index contributed by atoms with van der Waals surface area (Å²) < 4.78 is 0. The van der Waals surface area contributed by atoms with E-state index in [1.807, 2.05) is 13.0 Å². The molecule has 0 aliphatic heterocycles. The van der Waals surface area contributed by atoms with E-state index < -0.39 is 11.4 Å². The molecule has 0 bridgehead atoms. The minimum absolute atomic E-state index is 0.0546. The van der Waals surface area contributed by atoms with Crippen molar-refractivity contribution in [3.05, 3.63) is 11.6 Å². The second-order valence-corrected chi connectivity index (χ2v) is 15.6. The Bertz CT molecular complexity index is 1170. The van der Waals surface area contributed by atoms with E-state index >= 15 is 0 Å². The molecule has 0 heterocycles. The van der Waals surface area contributed by atoms with Crippen molar-refractivity contribution in [1.29, 1.82) is 0 Å². The standard InChI is InChI=1S/C33H49NO5/c1-9-25(36)39-34-24-11-12-31(6)23(28(24,2)3)10-13-33(8)26(31)22(35)18-20-21-19-30(5,27(37)38)15-14-29(21,4)16-17-32(20,33)7/h18,21,23,26H,9-17,19H2,1-8H3,(H,37,38)/b34-24+/t21-,23-,26?,29+,30+,31-,32+,33+/m0/s1. The fourth-order valence-corrected chi connectivity index (χ4v) is 10.5. The summed E-state index contributed by atoms with van der Waals surface area (Å²) in [6, 6.07) is 0. The van der Waals surface area contributed by atoms with E-state index in [4.69, 9.17) is 4.84 Å². The first-order chi connectivity index (χ1) is 18.0. The van der Waals surface area contributed by atoms with E-state index in [-0.39, 0.29) is 56.6 Å². The maximum atomic E-state index is 14.4. The lowest BCUT2D eigenvalue weighted by Crippen LogP contribution is -2.66. The molecule has 0 aromatic heterocycles. The van der Waals surface area contributed by atoms with Crippen molar-refractivity contribution in [2.75, 3.05) is 0 Å². The van der Waals surface area contributed by atoms with E-state index in [9.17, 15) is 19.5 Å². The lowest BCUT2D eigenvalue weighted by Gasteiger charge is -2.70. The molecule has 5 aliphatic rings. The van der Waals surface area contributed by atoms with Crippen LogP contribution in [0.5, 0.6) is 0 Å². The van der Waals surface area contributed by atoms with Gasteiger partial charge in [-0.2, -0.15) is 0 Å². The molecule has 0 saturated heterocycles. The molecule has 6 heteroatoms. The van der Waals surface area contributed by atoms with Crippen LogP contribution in [0.25, 0.3) is 0 Å². The summed E-state index contributed by atoms with van der Waals surface area (Å²) in [6.45, 7) is 17.6. The maximum Gasteiger partial charge on any atom is 0.334 e. The Morgan fingerprint density at radius 2 is 1.67 bits per heavy atom. The van der Waals surface area contributed by atoms with Crippen LogP contribution >= 0.6 is 0 Å². The van der Waals surface area contributed by atoms with Crippen LogP contribution in [0.4, 0.5) is 0 Å². The van der Waals surface area contributed by atoms with Crippen molar-refractivity contribution in [2.45, 2.75) is 120 Å². The fraction of sp³-hybridized carbons (Fsp3) is 0.818. The molecule has 39 heavy (non-hydrogen) atoms. The second-order valence-electron chi connectivity index (χ2n) is 15.6. The van der Waals surface area contributed by atoms with Gasteiger partial charge in [0.25, 0.3) is 0 Å². The molecule has 4 saturated carbocycles. The first-order valence-corrected chi connectivity index (χ1v) is 15.2. The average Bonchev–Trinajstić information content (AvgIpc) is 2.85. The van der Waals surface area contributed by atoms with Crippen LogP contribution < -0.4 is 0 Å². The lowest BCUT2D eigenvalue weighted by atomic mass is 9.33. The van der Waals surface area contributed by atoms with Crippen LogP contribution in [0.1, 0.15) is 120 Å². The van der Waals surface area contributed by atoms with Crippen LogP contribution in [0.2, 0.25) is 0 Å². The number of carboxylic acid groups (broad SMARTS) is 1. The SMILES string of the molecule is CCC(=O)O/N=C1\CC[C@]2(C)C3C(=O)C=C4[C@@H]5C[C@](C)(C(=O)O)CC[C@]5(C)CC[C@@]4(C)[C@]3(C)CC[C@H]2C1(C)C. The van der Waals surface area contributed by atoms with E-state index in [0.717, 1.165) is 50.7 Å². The van der Waals surface area contributed by atoms with Gasteiger partial charge < -0.3 is 9.94 Å². The quantitative estimate of drug-likeness (QED) is 0.299. The van der Waals surface area contributed by atoms with Gasteiger partial charge in [0.2, 0.25) is 0 Å². The molecule has 5 rings (SSSR count). The van der Waals surface area contributed by atoms with Crippen molar-refractivity contribution in [3.8, 4) is 0 Å². The van der Waals surface area contributed by atoms with Gasteiger partial charge in [-0.1, -0.05) is 59.2 Å². The van der Waals surface area contributed by atoms with Crippen LogP contribution in [0.3, 0.4) is 0 Å². The van der Waals surface area contributed by atoms with Crippen molar-refractivity contribution >= 4 is 23.4 Å². The van der Waals surface area contributed by atoms with Gasteiger partial charge in [0.15, 0.2) is 5.78 Å². The third-order valence-electron chi connectivity index (χ3n) is 13.4. The molecular formula is C33H49NO5. The number of ketones is 1. The number of carboxylic acids is 1. The summed E-state index contributed by atoms with van der Waals surface area (Å²) in [4.78, 5) is 43.8. The number of oxime groups is 1. The Kier molecular flexibility index (Phi) is 6.41. The predicted octanol–water partition coefficient (Wildman–Crippen LogP) is 7.36. The van der Waals surface area contributed by atoms with Gasteiger partial charge in [0, 0.05) is 17.8 Å². The van der Waals surface area contributed by atoms with Gasteiger partial charge in [0.05, 0.1) is 11.1 Å². The number of hydrogen-bond acceptors (Lipinski definition) is 5. The third kappa shape index (κ3) is 3.78. The Labute approximate surface area is 234 Å². The summed E-state index contributed by atoms with van der Waals surface area (Å²) >= 11 is 0. The van der Waals surface area contributed by atoms with Gasteiger partial charge in [-0.3, -0.25) is 9.59 Å². The normalized spacial score (nSPS) is 47.7. The zero-order chi connectivity index (χ0) is 28.8. The number of aliphatic carboxylic acids is 1. The molecule has 0 amide bonds. The van der Waals surface area contributed by atoms with Gasteiger partial charge in [0.1, 0.15) is 0 Å². The smallest absolute Gasteiger partial charge is 0.334 e. The molecule has 0 spiro atoms. The first-order valence-electron chi connectivity index (χ1n) is 15.2. The number of nitrogens with zero attached hydrogens (tertiary/aromatic N) is 1. The fourth-order valence-electron chi connectivity index (χ4n) is 10.5. The Hall–Kier alpha value is -1.98. The van der Waals surface area contributed by atoms with Crippen molar-refractivity contribution in [3.63, 3.8) is 0 Å². The van der Waals surface area contributed by atoms with Crippen LogP contribution in [0, 0.1) is 50.2 Å². The highest BCUT2D eigenvalue weighted by molar-refractivity contribution is 5.97. The highest BCUT2D eigenvalue weighted by atomic mass is 16.7. The highest BCUT2D eigenvalue weighted by Crippen LogP contribution is 2.74. The molecule has 0 aromatic carbocycles. The predicted molar refractivity (Wildman–Crippen MR) is 151 cm³/mol. The zero-order valence-corrected chi connectivity index (χ0v) is 25.4. The summed E-state index contributed by atoms with van der Waals surface area (Å²) in [5, 5.41) is 14.5. The molecule has 1 N–H and O–H groups in total. The van der Waals surface area contributed by atoms with Gasteiger partial charge >= 0.3 is 11.9 Å². The lowest BCUT2D eigenvalue weighted by molar-refractivity contribution is -0.176. The van der Waals surface area contributed by atoms with Crippen molar-refractivity contribution < 1.29 is 24.3 Å². The number of rotatable bonds is 3. The van der Waals surface area contributed by atoms with Crippen molar-refractivity contribution in [1.82, 2.24) is 0 Å². The number of carbonyl (C=O) groups excluding carboxylic acids is 2. The molecule has 6 nitrogen and oxygen atoms in total.